The minimum atomic E-state index is 1.24. The molecule has 0 fully saturated rings. The summed E-state index contributed by atoms with van der Waals surface area (Å²) >= 11 is 0. The van der Waals surface area contributed by atoms with Crippen LogP contribution in [0, 0.1) is 27.7 Å². The van der Waals surface area contributed by atoms with Crippen molar-refractivity contribution in [3.63, 3.8) is 0 Å². The Labute approximate surface area is 96.6 Å². The van der Waals surface area contributed by atoms with Crippen molar-refractivity contribution in [1.82, 2.24) is 9.19 Å². The molecule has 0 unspecified atom stereocenters. The second-order valence-electron chi connectivity index (χ2n) is 4.46. The van der Waals surface area contributed by atoms with E-state index in [9.17, 15) is 0 Å². The van der Waals surface area contributed by atoms with E-state index >= 15 is 0 Å². The van der Waals surface area contributed by atoms with Gasteiger partial charge in [-0.25, -0.2) is 0 Å². The van der Waals surface area contributed by atoms with Gasteiger partial charge in [0.1, 0.15) is 11.4 Å². The third-order valence-electron chi connectivity index (χ3n) is 3.18. The van der Waals surface area contributed by atoms with Crippen LogP contribution in [0.3, 0.4) is 0 Å². The van der Waals surface area contributed by atoms with Gasteiger partial charge >= 0.3 is 15.1 Å². The van der Waals surface area contributed by atoms with Crippen molar-refractivity contribution >= 4 is 15.1 Å². The van der Waals surface area contributed by atoms with Crippen LogP contribution in [0.15, 0.2) is 12.1 Å². The van der Waals surface area contributed by atoms with Gasteiger partial charge in [0, 0.05) is 37.4 Å². The third-order valence-corrected chi connectivity index (χ3v) is 3.18. The second kappa shape index (κ2) is 3.03. The highest BCUT2D eigenvalue weighted by Crippen LogP contribution is 2.03. The summed E-state index contributed by atoms with van der Waals surface area (Å²) in [5.74, 6) is 0. The minimum absolute atomic E-state index is 1.24. The average Bonchev–Trinajstić information content (AvgIpc) is 2.67. The summed E-state index contributed by atoms with van der Waals surface area (Å²) in [6.45, 7) is 8.48. The van der Waals surface area contributed by atoms with Crippen molar-refractivity contribution < 1.29 is 9.19 Å². The summed E-state index contributed by atoms with van der Waals surface area (Å²) in [4.78, 5) is 0. The number of rotatable bonds is 0. The molecule has 0 aromatic carbocycles. The van der Waals surface area contributed by atoms with Gasteiger partial charge in [0.15, 0.2) is 0 Å². The first kappa shape index (κ1) is 9.75. The Balaban J connectivity index is 2.20. The highest BCUT2D eigenvalue weighted by atomic mass is 15.5. The predicted molar refractivity (Wildman–Crippen MR) is 61.3 cm³/mol. The van der Waals surface area contributed by atoms with Crippen molar-refractivity contribution in [2.45, 2.75) is 27.7 Å². The van der Waals surface area contributed by atoms with Gasteiger partial charge < -0.3 is 18.4 Å². The normalized spacial score (nSPS) is 13.8. The highest BCUT2D eigenvalue weighted by Gasteiger charge is 2.18. The Morgan fingerprint density at radius 2 is 1.19 bits per heavy atom. The van der Waals surface area contributed by atoms with E-state index < -0.39 is 0 Å². The molecule has 6 heteroatoms. The maximum atomic E-state index is 2.19. The molecule has 0 saturated heterocycles. The molecule has 2 aromatic heterocycles. The van der Waals surface area contributed by atoms with E-state index in [4.69, 9.17) is 0 Å². The van der Waals surface area contributed by atoms with Gasteiger partial charge in [-0.2, -0.15) is 0 Å². The van der Waals surface area contributed by atoms with Gasteiger partial charge in [0.05, 0.1) is 0 Å². The van der Waals surface area contributed by atoms with E-state index in [-0.39, 0.29) is 0 Å². The lowest BCUT2D eigenvalue weighted by atomic mass is 10.1. The van der Waals surface area contributed by atoms with Gasteiger partial charge in [-0.1, -0.05) is 0 Å². The van der Waals surface area contributed by atoms with Crippen molar-refractivity contribution in [2.24, 2.45) is 0 Å². The fraction of sp³-hybridized carbons (Fsp3) is 0.400. The zero-order valence-electron chi connectivity index (χ0n) is 10.1. The van der Waals surface area contributed by atoms with Gasteiger partial charge in [-0.15, -0.1) is 0 Å². The first-order chi connectivity index (χ1) is 7.58. The zero-order chi connectivity index (χ0) is 11.4. The molecule has 80 valence electrons. The Morgan fingerprint density at radius 3 is 1.56 bits per heavy atom. The summed E-state index contributed by atoms with van der Waals surface area (Å²) in [7, 11) is 4.23. The summed E-state index contributed by atoms with van der Waals surface area (Å²) in [5.41, 5.74) is 4.97. The van der Waals surface area contributed by atoms with Crippen LogP contribution in [-0.4, -0.2) is 24.3 Å². The molecule has 0 atom stereocenters. The van der Waals surface area contributed by atoms with E-state index in [1.807, 2.05) is 0 Å². The lowest BCUT2D eigenvalue weighted by Gasteiger charge is -2.30. The minimum Gasteiger partial charge on any atom is -0.392 e. The topological polar surface area (TPSA) is 17.6 Å². The smallest absolute Gasteiger partial charge is 0.311 e. The Hall–Kier alpha value is -1.45. The SMILES string of the molecule is Cc1cc(C)[n+]2n1[B-][n+]1c(C)cc(C)n1[B-]2. The molecule has 0 amide bonds. The standard InChI is InChI=1S/C10H14B2N4/c1-7-5-8(2)14-12-16-10(4)6-9(3)15(16)11-13(7)14/h5-6H,1-4H3. The highest BCUT2D eigenvalue weighted by molar-refractivity contribution is 6.28. The molecule has 4 radical (unpaired) electrons. The fourth-order valence-electron chi connectivity index (χ4n) is 2.34. The second-order valence-corrected chi connectivity index (χ2v) is 4.46. The molecule has 2 aromatic rings. The van der Waals surface area contributed by atoms with E-state index in [1.165, 1.54) is 22.8 Å². The van der Waals surface area contributed by atoms with Crippen LogP contribution in [0.2, 0.25) is 0 Å². The first-order valence-electron chi connectivity index (χ1n) is 5.48. The van der Waals surface area contributed by atoms with Crippen LogP contribution in [0.5, 0.6) is 0 Å². The van der Waals surface area contributed by atoms with Crippen LogP contribution >= 0.6 is 0 Å². The first-order valence-corrected chi connectivity index (χ1v) is 5.48. The summed E-state index contributed by atoms with van der Waals surface area (Å²) < 4.78 is 8.62. The lowest BCUT2D eigenvalue weighted by Crippen LogP contribution is -2.72. The molecule has 3 rings (SSSR count). The molecule has 1 aliphatic heterocycles. The number of nitrogens with zero attached hydrogens (tertiary/aromatic N) is 4. The Kier molecular flexibility index (Phi) is 1.85. The molecule has 16 heavy (non-hydrogen) atoms. The summed E-state index contributed by atoms with van der Waals surface area (Å²) in [6, 6.07) is 4.37. The maximum absolute atomic E-state index is 2.19. The van der Waals surface area contributed by atoms with Gasteiger partial charge in [-0.05, 0) is 13.8 Å². The summed E-state index contributed by atoms with van der Waals surface area (Å²) in [5, 5.41) is 0. The molecular formula is C10H14B2N4. The van der Waals surface area contributed by atoms with Gasteiger partial charge in [0.25, 0.3) is 0 Å². The van der Waals surface area contributed by atoms with Crippen LogP contribution < -0.4 is 9.19 Å². The number of aromatic nitrogens is 4. The Morgan fingerprint density at radius 1 is 0.812 bits per heavy atom. The number of hydrogen-bond acceptors (Lipinski definition) is 0. The maximum Gasteiger partial charge on any atom is 0.311 e. The van der Waals surface area contributed by atoms with Crippen LogP contribution in [0.4, 0.5) is 0 Å². The summed E-state index contributed by atoms with van der Waals surface area (Å²) in [6.07, 6.45) is 0. The van der Waals surface area contributed by atoms with E-state index in [2.05, 4.69) is 73.3 Å². The quantitative estimate of drug-likeness (QED) is 0.437. The molecule has 0 N–H and O–H groups in total. The molecule has 0 spiro atoms. The number of fused-ring (bicyclic) bond motifs is 2. The van der Waals surface area contributed by atoms with Crippen molar-refractivity contribution in [1.29, 1.82) is 0 Å². The van der Waals surface area contributed by atoms with Crippen molar-refractivity contribution in [3.05, 3.63) is 34.9 Å². The van der Waals surface area contributed by atoms with E-state index in [0.29, 0.717) is 0 Å². The van der Waals surface area contributed by atoms with Gasteiger partial charge in [0.2, 0.25) is 0 Å². The third kappa shape index (κ3) is 1.13. The van der Waals surface area contributed by atoms with E-state index in [0.717, 1.165) is 0 Å². The largest absolute Gasteiger partial charge is 0.392 e. The molecule has 0 aliphatic carbocycles. The van der Waals surface area contributed by atoms with Crippen LogP contribution in [-0.2, 0) is 0 Å². The molecule has 4 nitrogen and oxygen atoms in total. The molecule has 0 saturated carbocycles. The van der Waals surface area contributed by atoms with Crippen LogP contribution in [0.25, 0.3) is 0 Å². The molecule has 0 bridgehead atoms. The van der Waals surface area contributed by atoms with Gasteiger partial charge in [-0.3, -0.25) is 0 Å². The number of aryl methyl sites for hydroxylation is 4. The molecule has 3 heterocycles. The molecular weight excluding hydrogens is 198 g/mol. The average molecular weight is 212 g/mol. The molecule has 1 aliphatic rings. The monoisotopic (exact) mass is 212 g/mol. The zero-order valence-corrected chi connectivity index (χ0v) is 10.1. The fourth-order valence-corrected chi connectivity index (χ4v) is 2.34. The van der Waals surface area contributed by atoms with Crippen LogP contribution in [0.1, 0.15) is 22.8 Å². The Bertz CT molecular complexity index is 485. The van der Waals surface area contributed by atoms with Crippen molar-refractivity contribution in [2.75, 3.05) is 0 Å². The predicted octanol–water partition coefficient (Wildman–Crippen LogP) is -0.727. The number of hydrogen-bond donors (Lipinski definition) is 0. The van der Waals surface area contributed by atoms with E-state index in [1.54, 1.807) is 0 Å². The lowest BCUT2D eigenvalue weighted by molar-refractivity contribution is -0.696. The van der Waals surface area contributed by atoms with Crippen molar-refractivity contribution in [3.8, 4) is 0 Å².